The molecular weight excluding hydrogens is 286 g/mol. The van der Waals surface area contributed by atoms with Gasteiger partial charge >= 0.3 is 6.03 Å². The number of hydrogen-bond donors (Lipinski definition) is 1. The number of carbonyl (C=O) groups is 1. The maximum Gasteiger partial charge on any atom is 0.317 e. The summed E-state index contributed by atoms with van der Waals surface area (Å²) in [7, 11) is 0. The van der Waals surface area contributed by atoms with Crippen LogP contribution in [-0.2, 0) is 0 Å². The van der Waals surface area contributed by atoms with Crippen LogP contribution in [0.2, 0.25) is 0 Å². The molecule has 2 aromatic heterocycles. The summed E-state index contributed by atoms with van der Waals surface area (Å²) in [5.74, 6) is 2.69. The van der Waals surface area contributed by atoms with Crippen LogP contribution in [-0.4, -0.2) is 49.9 Å². The zero-order chi connectivity index (χ0) is 14.7. The molecule has 3 heterocycles. The summed E-state index contributed by atoms with van der Waals surface area (Å²) in [6.45, 7) is 3.69. The number of amides is 2. The normalized spacial score (nSPS) is 16.9. The highest BCUT2D eigenvalue weighted by Crippen LogP contribution is 2.17. The Morgan fingerprint density at radius 1 is 1.48 bits per heavy atom. The molecule has 0 spiro atoms. The van der Waals surface area contributed by atoms with E-state index in [1.807, 2.05) is 39.5 Å². The second-order valence-corrected chi connectivity index (χ2v) is 6.23. The predicted molar refractivity (Wildman–Crippen MR) is 83.4 cm³/mol. The Kier molecular flexibility index (Phi) is 4.28. The van der Waals surface area contributed by atoms with Gasteiger partial charge in [0.05, 0.1) is 11.7 Å². The Balaban J connectivity index is 1.73. The number of fused-ring (bicyclic) bond motifs is 1. The van der Waals surface area contributed by atoms with Gasteiger partial charge in [0.15, 0.2) is 0 Å². The van der Waals surface area contributed by atoms with Crippen molar-refractivity contribution in [3.8, 4) is 0 Å². The van der Waals surface area contributed by atoms with E-state index < -0.39 is 0 Å². The van der Waals surface area contributed by atoms with E-state index in [2.05, 4.69) is 22.2 Å². The predicted octanol–water partition coefficient (Wildman–Crippen LogP) is 1.94. The maximum atomic E-state index is 12.3. The minimum Gasteiger partial charge on any atom is -0.330 e. The molecule has 21 heavy (non-hydrogen) atoms. The quantitative estimate of drug-likeness (QED) is 0.941. The first-order valence-electron chi connectivity index (χ1n) is 7.20. The molecule has 3 rings (SSSR count). The number of urea groups is 1. The van der Waals surface area contributed by atoms with Gasteiger partial charge in [0.2, 0.25) is 5.78 Å². The second-order valence-electron chi connectivity index (χ2n) is 5.00. The summed E-state index contributed by atoms with van der Waals surface area (Å²) >= 11 is 1.89. The fourth-order valence-electron chi connectivity index (χ4n) is 2.41. The SMILES string of the molecule is CC[C@H](NC(=O)N1CCSCC1)c1cn2cccnc2n1. The third-order valence-electron chi connectivity index (χ3n) is 3.62. The van der Waals surface area contributed by atoms with Crippen molar-refractivity contribution in [2.24, 2.45) is 0 Å². The van der Waals surface area contributed by atoms with E-state index in [1.54, 1.807) is 6.20 Å². The molecule has 2 amide bonds. The van der Waals surface area contributed by atoms with Crippen molar-refractivity contribution < 1.29 is 4.79 Å². The summed E-state index contributed by atoms with van der Waals surface area (Å²) in [4.78, 5) is 22.9. The topological polar surface area (TPSA) is 62.5 Å². The molecule has 0 unspecified atom stereocenters. The first-order valence-corrected chi connectivity index (χ1v) is 8.36. The van der Waals surface area contributed by atoms with Crippen molar-refractivity contribution in [2.75, 3.05) is 24.6 Å². The van der Waals surface area contributed by atoms with E-state index in [-0.39, 0.29) is 12.1 Å². The van der Waals surface area contributed by atoms with Crippen LogP contribution in [0.1, 0.15) is 25.1 Å². The first-order chi connectivity index (χ1) is 10.3. The summed E-state index contributed by atoms with van der Waals surface area (Å²) in [6.07, 6.45) is 6.37. The zero-order valence-electron chi connectivity index (χ0n) is 12.0. The average molecular weight is 305 g/mol. The van der Waals surface area contributed by atoms with Crippen LogP contribution >= 0.6 is 11.8 Å². The molecular formula is C14H19N5OS. The van der Waals surface area contributed by atoms with E-state index in [4.69, 9.17) is 0 Å². The van der Waals surface area contributed by atoms with E-state index in [9.17, 15) is 4.79 Å². The Hall–Kier alpha value is -1.76. The molecule has 112 valence electrons. The van der Waals surface area contributed by atoms with Crippen LogP contribution in [0.4, 0.5) is 4.79 Å². The molecule has 1 N–H and O–H groups in total. The van der Waals surface area contributed by atoms with Crippen LogP contribution in [0.3, 0.4) is 0 Å². The highest BCUT2D eigenvalue weighted by Gasteiger charge is 2.21. The number of rotatable bonds is 3. The van der Waals surface area contributed by atoms with Crippen molar-refractivity contribution in [2.45, 2.75) is 19.4 Å². The van der Waals surface area contributed by atoms with Crippen LogP contribution in [0.5, 0.6) is 0 Å². The third-order valence-corrected chi connectivity index (χ3v) is 4.56. The molecule has 6 nitrogen and oxygen atoms in total. The van der Waals surface area contributed by atoms with Crippen molar-refractivity contribution in [1.29, 1.82) is 0 Å². The minimum absolute atomic E-state index is 0.00663. The molecule has 1 atom stereocenters. The van der Waals surface area contributed by atoms with Gasteiger partial charge in [-0.15, -0.1) is 0 Å². The minimum atomic E-state index is -0.0752. The number of nitrogens with zero attached hydrogens (tertiary/aromatic N) is 4. The molecule has 0 radical (unpaired) electrons. The zero-order valence-corrected chi connectivity index (χ0v) is 12.8. The molecule has 1 fully saturated rings. The number of imidazole rings is 1. The van der Waals surface area contributed by atoms with Gasteiger partial charge in [0.25, 0.3) is 0 Å². The van der Waals surface area contributed by atoms with Crippen molar-refractivity contribution in [3.63, 3.8) is 0 Å². The second kappa shape index (κ2) is 6.34. The Morgan fingerprint density at radius 3 is 3.00 bits per heavy atom. The summed E-state index contributed by atoms with van der Waals surface area (Å²) in [5, 5.41) is 3.09. The van der Waals surface area contributed by atoms with Crippen molar-refractivity contribution >= 4 is 23.6 Å². The lowest BCUT2D eigenvalue weighted by Crippen LogP contribution is -2.45. The lowest BCUT2D eigenvalue weighted by molar-refractivity contribution is 0.198. The molecule has 1 saturated heterocycles. The van der Waals surface area contributed by atoms with Crippen LogP contribution in [0.15, 0.2) is 24.7 Å². The van der Waals surface area contributed by atoms with Gasteiger partial charge in [0.1, 0.15) is 0 Å². The Bertz CT molecular complexity index is 590. The van der Waals surface area contributed by atoms with Crippen molar-refractivity contribution in [1.82, 2.24) is 24.6 Å². The van der Waals surface area contributed by atoms with Gasteiger partial charge < -0.3 is 10.2 Å². The van der Waals surface area contributed by atoms with Crippen molar-refractivity contribution in [3.05, 3.63) is 30.4 Å². The fraction of sp³-hybridized carbons (Fsp3) is 0.500. The summed E-state index contributed by atoms with van der Waals surface area (Å²) in [6, 6.07) is 1.80. The largest absolute Gasteiger partial charge is 0.330 e. The smallest absolute Gasteiger partial charge is 0.317 e. The molecule has 0 aromatic carbocycles. The van der Waals surface area contributed by atoms with E-state index in [0.29, 0.717) is 5.78 Å². The number of aromatic nitrogens is 3. The highest BCUT2D eigenvalue weighted by molar-refractivity contribution is 7.99. The fourth-order valence-corrected chi connectivity index (χ4v) is 3.31. The lowest BCUT2D eigenvalue weighted by Gasteiger charge is -2.28. The Morgan fingerprint density at radius 2 is 2.29 bits per heavy atom. The highest BCUT2D eigenvalue weighted by atomic mass is 32.2. The van der Waals surface area contributed by atoms with Crippen LogP contribution in [0.25, 0.3) is 5.78 Å². The lowest BCUT2D eigenvalue weighted by atomic mass is 10.2. The van der Waals surface area contributed by atoms with Gasteiger partial charge in [-0.25, -0.2) is 14.8 Å². The van der Waals surface area contributed by atoms with E-state index in [0.717, 1.165) is 36.7 Å². The number of carbonyl (C=O) groups excluding carboxylic acids is 1. The van der Waals surface area contributed by atoms with Gasteiger partial charge in [-0.3, -0.25) is 4.40 Å². The molecule has 2 aromatic rings. The molecule has 0 saturated carbocycles. The third kappa shape index (κ3) is 3.12. The molecule has 0 bridgehead atoms. The molecule has 1 aliphatic heterocycles. The standard InChI is InChI=1S/C14H19N5OS/c1-2-11(17-14(20)18-6-8-21-9-7-18)12-10-19-5-3-4-15-13(19)16-12/h3-5,10-11H,2,6-9H2,1H3,(H,17,20)/t11-/m0/s1. The van der Waals surface area contributed by atoms with Gasteiger partial charge in [-0.1, -0.05) is 6.92 Å². The number of hydrogen-bond acceptors (Lipinski definition) is 4. The number of thioether (sulfide) groups is 1. The van der Waals surface area contributed by atoms with E-state index >= 15 is 0 Å². The summed E-state index contributed by atoms with van der Waals surface area (Å²) in [5.41, 5.74) is 0.857. The van der Waals surface area contributed by atoms with Crippen LogP contribution in [0, 0.1) is 0 Å². The molecule has 0 aliphatic carbocycles. The molecule has 7 heteroatoms. The van der Waals surface area contributed by atoms with Gasteiger partial charge in [-0.2, -0.15) is 11.8 Å². The number of nitrogens with one attached hydrogen (secondary N) is 1. The monoisotopic (exact) mass is 305 g/mol. The average Bonchev–Trinajstić information content (AvgIpc) is 2.97. The van der Waals surface area contributed by atoms with Gasteiger partial charge in [-0.05, 0) is 12.5 Å². The van der Waals surface area contributed by atoms with Crippen LogP contribution < -0.4 is 5.32 Å². The molecule has 1 aliphatic rings. The maximum absolute atomic E-state index is 12.3. The van der Waals surface area contributed by atoms with E-state index in [1.165, 1.54) is 0 Å². The first kappa shape index (κ1) is 14.2. The van der Waals surface area contributed by atoms with Gasteiger partial charge in [0, 0.05) is 43.2 Å². The summed E-state index contributed by atoms with van der Waals surface area (Å²) < 4.78 is 1.88. The Labute approximate surface area is 127 Å².